The Bertz CT molecular complexity index is 386. The third kappa shape index (κ3) is 3.18. The predicted molar refractivity (Wildman–Crippen MR) is 79.4 cm³/mol. The molecule has 1 saturated carbocycles. The lowest BCUT2D eigenvalue weighted by atomic mass is 10.1. The fourth-order valence-electron chi connectivity index (χ4n) is 3.02. The predicted octanol–water partition coefficient (Wildman–Crippen LogP) is 3.47. The molecule has 0 heterocycles. The zero-order valence-corrected chi connectivity index (χ0v) is 11.9. The molecule has 0 spiro atoms. The van der Waals surface area contributed by atoms with Crippen molar-refractivity contribution in [2.45, 2.75) is 32.1 Å². The molecule has 0 saturated heterocycles. The second-order valence-electron chi connectivity index (χ2n) is 5.32. The van der Waals surface area contributed by atoms with Gasteiger partial charge in [0.15, 0.2) is 0 Å². The monoisotopic (exact) mass is 266 g/mol. The molecule has 1 fully saturated rings. The van der Waals surface area contributed by atoms with E-state index >= 15 is 0 Å². The van der Waals surface area contributed by atoms with Crippen molar-refractivity contribution in [3.63, 3.8) is 0 Å². The molecule has 2 rings (SSSR count). The molecule has 18 heavy (non-hydrogen) atoms. The van der Waals surface area contributed by atoms with E-state index in [0.29, 0.717) is 6.54 Å². The molecule has 0 unspecified atom stereocenters. The smallest absolute Gasteiger partial charge is 0.0642 e. The standard InChI is InChI=1S/C15H23ClN2/c1-18(11-12-5-2-3-6-12)15-13(9-10-17)7-4-8-14(15)16/h4,7-8,12H,2-3,5-6,9-11,17H2,1H3. The van der Waals surface area contributed by atoms with Crippen LogP contribution in [0.25, 0.3) is 0 Å². The van der Waals surface area contributed by atoms with E-state index in [9.17, 15) is 0 Å². The van der Waals surface area contributed by atoms with Gasteiger partial charge >= 0.3 is 0 Å². The maximum Gasteiger partial charge on any atom is 0.0642 e. The number of nitrogens with zero attached hydrogens (tertiary/aromatic N) is 1. The van der Waals surface area contributed by atoms with Gasteiger partial charge in [-0.1, -0.05) is 36.6 Å². The molecule has 1 aromatic rings. The Balaban J connectivity index is 2.14. The Morgan fingerprint density at radius 1 is 1.33 bits per heavy atom. The Hall–Kier alpha value is -0.730. The van der Waals surface area contributed by atoms with E-state index in [1.54, 1.807) is 0 Å². The van der Waals surface area contributed by atoms with Gasteiger partial charge in [0.1, 0.15) is 0 Å². The molecule has 0 aromatic heterocycles. The van der Waals surface area contributed by atoms with Gasteiger partial charge in [0.2, 0.25) is 0 Å². The normalized spacial score (nSPS) is 16.2. The minimum absolute atomic E-state index is 0.671. The number of halogens is 1. The van der Waals surface area contributed by atoms with Gasteiger partial charge < -0.3 is 10.6 Å². The van der Waals surface area contributed by atoms with E-state index in [4.69, 9.17) is 17.3 Å². The number of nitrogens with two attached hydrogens (primary N) is 1. The van der Waals surface area contributed by atoms with Crippen LogP contribution >= 0.6 is 11.6 Å². The highest BCUT2D eigenvalue weighted by molar-refractivity contribution is 6.33. The van der Waals surface area contributed by atoms with Gasteiger partial charge in [0.05, 0.1) is 10.7 Å². The third-order valence-corrected chi connectivity index (χ3v) is 4.18. The minimum atomic E-state index is 0.671. The summed E-state index contributed by atoms with van der Waals surface area (Å²) in [5.41, 5.74) is 8.13. The second-order valence-corrected chi connectivity index (χ2v) is 5.72. The summed E-state index contributed by atoms with van der Waals surface area (Å²) in [5.74, 6) is 0.831. The molecule has 0 radical (unpaired) electrons. The van der Waals surface area contributed by atoms with Crippen LogP contribution in [0, 0.1) is 5.92 Å². The van der Waals surface area contributed by atoms with Crippen molar-refractivity contribution >= 4 is 17.3 Å². The van der Waals surface area contributed by atoms with Crippen LogP contribution in [0.15, 0.2) is 18.2 Å². The molecule has 0 atom stereocenters. The topological polar surface area (TPSA) is 29.3 Å². The highest BCUT2D eigenvalue weighted by Gasteiger charge is 2.19. The maximum atomic E-state index is 6.36. The lowest BCUT2D eigenvalue weighted by molar-refractivity contribution is 0.546. The Kier molecular flexibility index (Phi) is 4.90. The molecule has 100 valence electrons. The first-order valence-electron chi connectivity index (χ1n) is 6.91. The average Bonchev–Trinajstić information content (AvgIpc) is 2.82. The maximum absolute atomic E-state index is 6.36. The molecule has 0 amide bonds. The molecular weight excluding hydrogens is 244 g/mol. The van der Waals surface area contributed by atoms with Gasteiger partial charge in [0, 0.05) is 13.6 Å². The molecule has 1 aliphatic carbocycles. The van der Waals surface area contributed by atoms with Gasteiger partial charge in [-0.3, -0.25) is 0 Å². The van der Waals surface area contributed by atoms with Crippen molar-refractivity contribution in [2.24, 2.45) is 11.7 Å². The van der Waals surface area contributed by atoms with Crippen LogP contribution in [0.4, 0.5) is 5.69 Å². The Morgan fingerprint density at radius 3 is 2.72 bits per heavy atom. The van der Waals surface area contributed by atoms with Crippen molar-refractivity contribution in [1.29, 1.82) is 0 Å². The van der Waals surface area contributed by atoms with Crippen molar-refractivity contribution in [3.8, 4) is 0 Å². The summed E-state index contributed by atoms with van der Waals surface area (Å²) in [6.07, 6.45) is 6.39. The lowest BCUT2D eigenvalue weighted by Crippen LogP contribution is -2.25. The summed E-state index contributed by atoms with van der Waals surface area (Å²) in [6.45, 7) is 1.78. The van der Waals surface area contributed by atoms with Gasteiger partial charge in [-0.05, 0) is 43.4 Å². The second kappa shape index (κ2) is 6.44. The van der Waals surface area contributed by atoms with Crippen LogP contribution in [0.3, 0.4) is 0 Å². The summed E-state index contributed by atoms with van der Waals surface area (Å²) in [4.78, 5) is 2.32. The molecule has 1 aromatic carbocycles. The molecule has 2 N–H and O–H groups in total. The number of anilines is 1. The van der Waals surface area contributed by atoms with Crippen LogP contribution < -0.4 is 10.6 Å². The number of hydrogen-bond acceptors (Lipinski definition) is 2. The van der Waals surface area contributed by atoms with Crippen LogP contribution in [0.5, 0.6) is 0 Å². The van der Waals surface area contributed by atoms with E-state index in [1.807, 2.05) is 12.1 Å². The molecule has 2 nitrogen and oxygen atoms in total. The number of rotatable bonds is 5. The largest absolute Gasteiger partial charge is 0.373 e. The number of para-hydroxylation sites is 1. The Morgan fingerprint density at radius 2 is 2.06 bits per heavy atom. The fraction of sp³-hybridized carbons (Fsp3) is 0.600. The van der Waals surface area contributed by atoms with Crippen molar-refractivity contribution in [1.82, 2.24) is 0 Å². The van der Waals surface area contributed by atoms with Gasteiger partial charge in [0.25, 0.3) is 0 Å². The summed E-state index contributed by atoms with van der Waals surface area (Å²) < 4.78 is 0. The summed E-state index contributed by atoms with van der Waals surface area (Å²) in [7, 11) is 2.15. The quantitative estimate of drug-likeness (QED) is 0.884. The van der Waals surface area contributed by atoms with E-state index < -0.39 is 0 Å². The lowest BCUT2D eigenvalue weighted by Gasteiger charge is -2.26. The molecule has 0 aliphatic heterocycles. The first-order valence-corrected chi connectivity index (χ1v) is 7.28. The molecule has 1 aliphatic rings. The van der Waals surface area contributed by atoms with Crippen molar-refractivity contribution in [2.75, 3.05) is 25.0 Å². The van der Waals surface area contributed by atoms with Gasteiger partial charge in [-0.2, -0.15) is 0 Å². The summed E-state index contributed by atoms with van der Waals surface area (Å²) in [6, 6.07) is 6.13. The highest BCUT2D eigenvalue weighted by atomic mass is 35.5. The first kappa shape index (κ1) is 13.7. The van der Waals surface area contributed by atoms with E-state index in [1.165, 1.54) is 36.9 Å². The van der Waals surface area contributed by atoms with Gasteiger partial charge in [-0.25, -0.2) is 0 Å². The average molecular weight is 267 g/mol. The minimum Gasteiger partial charge on any atom is -0.373 e. The van der Waals surface area contributed by atoms with Gasteiger partial charge in [-0.15, -0.1) is 0 Å². The van der Waals surface area contributed by atoms with E-state index in [2.05, 4.69) is 18.0 Å². The molecule has 0 bridgehead atoms. The SMILES string of the molecule is CN(CC1CCCC1)c1c(Cl)cccc1CCN. The summed E-state index contributed by atoms with van der Waals surface area (Å²) in [5, 5.41) is 0.849. The van der Waals surface area contributed by atoms with Crippen molar-refractivity contribution < 1.29 is 0 Å². The fourth-order valence-corrected chi connectivity index (χ4v) is 3.35. The van der Waals surface area contributed by atoms with Crippen LogP contribution in [-0.4, -0.2) is 20.1 Å². The zero-order chi connectivity index (χ0) is 13.0. The van der Waals surface area contributed by atoms with Crippen LogP contribution in [-0.2, 0) is 6.42 Å². The third-order valence-electron chi connectivity index (χ3n) is 3.87. The summed E-state index contributed by atoms with van der Waals surface area (Å²) >= 11 is 6.36. The first-order chi connectivity index (χ1) is 8.72. The van der Waals surface area contributed by atoms with E-state index in [-0.39, 0.29) is 0 Å². The van der Waals surface area contributed by atoms with Crippen molar-refractivity contribution in [3.05, 3.63) is 28.8 Å². The van der Waals surface area contributed by atoms with Crippen LogP contribution in [0.2, 0.25) is 5.02 Å². The number of hydrogen-bond donors (Lipinski definition) is 1. The molecular formula is C15H23ClN2. The Labute approximate surface area is 115 Å². The zero-order valence-electron chi connectivity index (χ0n) is 11.2. The van der Waals surface area contributed by atoms with E-state index in [0.717, 1.165) is 23.9 Å². The van der Waals surface area contributed by atoms with Crippen LogP contribution in [0.1, 0.15) is 31.2 Å². The number of benzene rings is 1. The highest BCUT2D eigenvalue weighted by Crippen LogP contribution is 2.32. The molecule has 3 heteroatoms.